The molecule has 6 heteroatoms. The summed E-state index contributed by atoms with van der Waals surface area (Å²) in [6, 6.07) is 0. The molecule has 0 saturated carbocycles. The van der Waals surface area contributed by atoms with E-state index in [9.17, 15) is 4.79 Å². The van der Waals surface area contributed by atoms with E-state index in [4.69, 9.17) is 10.5 Å². The Hall–Kier alpha value is -1.30. The van der Waals surface area contributed by atoms with E-state index in [1.54, 1.807) is 4.90 Å². The standard InChI is InChI=1S/C11H22N4O2/c1-11(2,3)14-10(12)13-8-9(16)15-4-6-17-7-5-15/h4-8H2,1-3H3,(H3,12,13,14). The summed E-state index contributed by atoms with van der Waals surface area (Å²) >= 11 is 0. The highest BCUT2D eigenvalue weighted by Crippen LogP contribution is 1.99. The van der Waals surface area contributed by atoms with Gasteiger partial charge in [0, 0.05) is 18.6 Å². The Morgan fingerprint density at radius 3 is 2.53 bits per heavy atom. The number of amides is 1. The molecule has 98 valence electrons. The molecule has 0 unspecified atom stereocenters. The van der Waals surface area contributed by atoms with Crippen LogP contribution in [0.15, 0.2) is 4.99 Å². The van der Waals surface area contributed by atoms with Crippen LogP contribution in [-0.2, 0) is 9.53 Å². The monoisotopic (exact) mass is 242 g/mol. The number of aliphatic imine (C=N–C) groups is 1. The van der Waals surface area contributed by atoms with Crippen molar-refractivity contribution in [3.63, 3.8) is 0 Å². The van der Waals surface area contributed by atoms with Crippen LogP contribution in [0.2, 0.25) is 0 Å². The number of morpholine rings is 1. The summed E-state index contributed by atoms with van der Waals surface area (Å²) in [7, 11) is 0. The van der Waals surface area contributed by atoms with Crippen LogP contribution < -0.4 is 11.1 Å². The maximum Gasteiger partial charge on any atom is 0.244 e. The Kier molecular flexibility index (Phi) is 4.74. The first-order valence-corrected chi connectivity index (χ1v) is 5.82. The van der Waals surface area contributed by atoms with Crippen LogP contribution in [0.5, 0.6) is 0 Å². The summed E-state index contributed by atoms with van der Waals surface area (Å²) < 4.78 is 5.17. The van der Waals surface area contributed by atoms with E-state index in [1.807, 2.05) is 20.8 Å². The van der Waals surface area contributed by atoms with E-state index in [0.29, 0.717) is 32.3 Å². The van der Waals surface area contributed by atoms with Crippen molar-refractivity contribution < 1.29 is 9.53 Å². The predicted octanol–water partition coefficient (Wildman–Crippen LogP) is -0.452. The molecule has 1 aliphatic rings. The number of hydrogen-bond donors (Lipinski definition) is 2. The highest BCUT2D eigenvalue weighted by atomic mass is 16.5. The summed E-state index contributed by atoms with van der Waals surface area (Å²) in [6.07, 6.45) is 0. The number of nitrogens with two attached hydrogens (primary N) is 1. The van der Waals surface area contributed by atoms with Gasteiger partial charge < -0.3 is 20.7 Å². The van der Waals surface area contributed by atoms with Gasteiger partial charge in [0.15, 0.2) is 5.96 Å². The Bertz CT molecular complexity index is 290. The number of nitrogens with zero attached hydrogens (tertiary/aromatic N) is 2. The second kappa shape index (κ2) is 5.86. The number of ether oxygens (including phenoxy) is 1. The van der Waals surface area contributed by atoms with Crippen molar-refractivity contribution in [2.24, 2.45) is 10.7 Å². The molecule has 1 rings (SSSR count). The Labute approximate surface area is 102 Å². The molecule has 6 nitrogen and oxygen atoms in total. The zero-order valence-electron chi connectivity index (χ0n) is 10.8. The summed E-state index contributed by atoms with van der Waals surface area (Å²) in [6.45, 7) is 8.53. The third kappa shape index (κ3) is 5.53. The first kappa shape index (κ1) is 13.8. The molecule has 1 saturated heterocycles. The topological polar surface area (TPSA) is 79.9 Å². The number of hydrogen-bond acceptors (Lipinski definition) is 3. The fourth-order valence-corrected chi connectivity index (χ4v) is 1.49. The molecular formula is C11H22N4O2. The van der Waals surface area contributed by atoms with Crippen molar-refractivity contribution in [2.45, 2.75) is 26.3 Å². The third-order valence-corrected chi connectivity index (χ3v) is 2.25. The van der Waals surface area contributed by atoms with Crippen LogP contribution in [-0.4, -0.2) is 55.2 Å². The lowest BCUT2D eigenvalue weighted by Gasteiger charge is -2.26. The van der Waals surface area contributed by atoms with E-state index in [-0.39, 0.29) is 18.0 Å². The van der Waals surface area contributed by atoms with Gasteiger partial charge in [-0.15, -0.1) is 0 Å². The molecule has 0 aromatic carbocycles. The van der Waals surface area contributed by atoms with Crippen LogP contribution in [0.3, 0.4) is 0 Å². The quantitative estimate of drug-likeness (QED) is 0.507. The Balaban J connectivity index is 2.38. The minimum absolute atomic E-state index is 0.00745. The van der Waals surface area contributed by atoms with Crippen molar-refractivity contribution in [3.8, 4) is 0 Å². The number of guanidine groups is 1. The second-order valence-corrected chi connectivity index (χ2v) is 5.07. The van der Waals surface area contributed by atoms with Gasteiger partial charge in [-0.3, -0.25) is 4.79 Å². The van der Waals surface area contributed by atoms with E-state index < -0.39 is 0 Å². The molecule has 1 amide bonds. The van der Waals surface area contributed by atoms with Crippen molar-refractivity contribution in [1.29, 1.82) is 0 Å². The molecule has 1 aliphatic heterocycles. The summed E-state index contributed by atoms with van der Waals surface area (Å²) in [5, 5.41) is 3.01. The highest BCUT2D eigenvalue weighted by Gasteiger charge is 2.16. The molecular weight excluding hydrogens is 220 g/mol. The predicted molar refractivity (Wildman–Crippen MR) is 66.8 cm³/mol. The van der Waals surface area contributed by atoms with Gasteiger partial charge in [0.05, 0.1) is 13.2 Å². The number of carbonyl (C=O) groups excluding carboxylic acids is 1. The van der Waals surface area contributed by atoms with Crippen LogP contribution in [0, 0.1) is 0 Å². The molecule has 0 bridgehead atoms. The van der Waals surface area contributed by atoms with Gasteiger partial charge in [0.1, 0.15) is 6.54 Å². The largest absolute Gasteiger partial charge is 0.378 e. The normalized spacial score (nSPS) is 18.1. The summed E-state index contributed by atoms with van der Waals surface area (Å²) in [4.78, 5) is 17.5. The van der Waals surface area contributed by atoms with Crippen molar-refractivity contribution in [1.82, 2.24) is 10.2 Å². The van der Waals surface area contributed by atoms with Crippen molar-refractivity contribution in [2.75, 3.05) is 32.8 Å². The molecule has 0 aromatic rings. The molecule has 3 N–H and O–H groups in total. The highest BCUT2D eigenvalue weighted by molar-refractivity contribution is 5.84. The Morgan fingerprint density at radius 2 is 2.00 bits per heavy atom. The third-order valence-electron chi connectivity index (χ3n) is 2.25. The average Bonchev–Trinajstić information content (AvgIpc) is 2.25. The lowest BCUT2D eigenvalue weighted by atomic mass is 10.1. The average molecular weight is 242 g/mol. The number of carbonyl (C=O) groups is 1. The van der Waals surface area contributed by atoms with Gasteiger partial charge in [0.2, 0.25) is 5.91 Å². The van der Waals surface area contributed by atoms with Gasteiger partial charge >= 0.3 is 0 Å². The first-order valence-electron chi connectivity index (χ1n) is 5.82. The lowest BCUT2D eigenvalue weighted by molar-refractivity contribution is -0.133. The van der Waals surface area contributed by atoms with Gasteiger partial charge in [-0.1, -0.05) is 0 Å². The molecule has 1 fully saturated rings. The fraction of sp³-hybridized carbons (Fsp3) is 0.818. The molecule has 0 aromatic heterocycles. The second-order valence-electron chi connectivity index (χ2n) is 5.07. The van der Waals surface area contributed by atoms with Crippen LogP contribution in [0.4, 0.5) is 0 Å². The van der Waals surface area contributed by atoms with E-state index >= 15 is 0 Å². The van der Waals surface area contributed by atoms with Crippen LogP contribution in [0.25, 0.3) is 0 Å². The van der Waals surface area contributed by atoms with E-state index in [2.05, 4.69) is 10.3 Å². The van der Waals surface area contributed by atoms with Gasteiger partial charge in [-0.05, 0) is 20.8 Å². The van der Waals surface area contributed by atoms with Crippen LogP contribution >= 0.6 is 0 Å². The molecule has 0 aliphatic carbocycles. The smallest absolute Gasteiger partial charge is 0.244 e. The van der Waals surface area contributed by atoms with Crippen molar-refractivity contribution in [3.05, 3.63) is 0 Å². The number of rotatable bonds is 2. The first-order chi connectivity index (χ1) is 7.88. The van der Waals surface area contributed by atoms with Crippen molar-refractivity contribution >= 4 is 11.9 Å². The maximum atomic E-state index is 11.7. The maximum absolute atomic E-state index is 11.7. The fourth-order valence-electron chi connectivity index (χ4n) is 1.49. The summed E-state index contributed by atoms with van der Waals surface area (Å²) in [5.74, 6) is 0.297. The molecule has 0 spiro atoms. The van der Waals surface area contributed by atoms with Gasteiger partial charge in [0.25, 0.3) is 0 Å². The molecule has 17 heavy (non-hydrogen) atoms. The zero-order chi connectivity index (χ0) is 12.9. The SMILES string of the molecule is CC(C)(C)NC(N)=NCC(=O)N1CCOCC1. The van der Waals surface area contributed by atoms with E-state index in [0.717, 1.165) is 0 Å². The molecule has 1 heterocycles. The summed E-state index contributed by atoms with van der Waals surface area (Å²) in [5.41, 5.74) is 5.54. The number of nitrogens with one attached hydrogen (secondary N) is 1. The Morgan fingerprint density at radius 1 is 1.41 bits per heavy atom. The molecule has 0 radical (unpaired) electrons. The van der Waals surface area contributed by atoms with Gasteiger partial charge in [-0.2, -0.15) is 0 Å². The van der Waals surface area contributed by atoms with Crippen LogP contribution in [0.1, 0.15) is 20.8 Å². The van der Waals surface area contributed by atoms with E-state index in [1.165, 1.54) is 0 Å². The lowest BCUT2D eigenvalue weighted by Crippen LogP contribution is -2.46. The molecule has 0 atom stereocenters. The minimum Gasteiger partial charge on any atom is -0.378 e. The zero-order valence-corrected chi connectivity index (χ0v) is 10.8. The minimum atomic E-state index is -0.143. The van der Waals surface area contributed by atoms with Gasteiger partial charge in [-0.25, -0.2) is 4.99 Å².